The first-order valence-electron chi connectivity index (χ1n) is 8.34. The largest absolute Gasteiger partial charge is 0.355 e. The Morgan fingerprint density at radius 1 is 1.32 bits per heavy atom. The van der Waals surface area contributed by atoms with Crippen LogP contribution in [0.1, 0.15) is 58.1 Å². The minimum absolute atomic E-state index is 0.0763. The van der Waals surface area contributed by atoms with Crippen LogP contribution in [-0.2, 0) is 24.2 Å². The third-order valence-corrected chi connectivity index (χ3v) is 4.28. The van der Waals surface area contributed by atoms with Crippen molar-refractivity contribution in [1.29, 1.82) is 0 Å². The van der Waals surface area contributed by atoms with Crippen molar-refractivity contribution in [2.75, 3.05) is 6.54 Å². The van der Waals surface area contributed by atoms with E-state index in [9.17, 15) is 4.79 Å². The number of amides is 1. The van der Waals surface area contributed by atoms with Gasteiger partial charge in [0.2, 0.25) is 5.91 Å². The Morgan fingerprint density at radius 2 is 2.09 bits per heavy atom. The molecule has 2 rings (SSSR count). The van der Waals surface area contributed by atoms with Gasteiger partial charge in [0.05, 0.1) is 6.04 Å². The van der Waals surface area contributed by atoms with Gasteiger partial charge >= 0.3 is 0 Å². The zero-order valence-electron chi connectivity index (χ0n) is 14.1. The van der Waals surface area contributed by atoms with Crippen LogP contribution in [-0.4, -0.2) is 33.3 Å². The van der Waals surface area contributed by atoms with Crippen LogP contribution >= 0.6 is 0 Å². The molecule has 0 radical (unpaired) electrons. The fraction of sp³-hybridized carbons (Fsp3) is 0.812. The molecule has 1 aliphatic rings. The van der Waals surface area contributed by atoms with Gasteiger partial charge in [0.25, 0.3) is 0 Å². The molecule has 6 heteroatoms. The monoisotopic (exact) mass is 307 g/mol. The van der Waals surface area contributed by atoms with Gasteiger partial charge in [0, 0.05) is 25.9 Å². The summed E-state index contributed by atoms with van der Waals surface area (Å²) in [6.45, 7) is 7.58. The lowest BCUT2D eigenvalue weighted by molar-refractivity contribution is -0.124. The highest BCUT2D eigenvalue weighted by molar-refractivity contribution is 5.82. The van der Waals surface area contributed by atoms with Crippen molar-refractivity contribution in [1.82, 2.24) is 20.1 Å². The molecule has 1 aromatic heterocycles. The molecular weight excluding hydrogens is 278 g/mol. The first-order valence-corrected chi connectivity index (χ1v) is 8.34. The molecule has 0 aromatic carbocycles. The molecule has 0 spiro atoms. The van der Waals surface area contributed by atoms with Gasteiger partial charge < -0.3 is 15.6 Å². The molecule has 1 atom stereocenters. The van der Waals surface area contributed by atoms with Gasteiger partial charge in [-0.1, -0.05) is 27.2 Å². The molecule has 1 aliphatic heterocycles. The van der Waals surface area contributed by atoms with E-state index in [1.165, 1.54) is 19.3 Å². The van der Waals surface area contributed by atoms with Crippen molar-refractivity contribution >= 4 is 5.91 Å². The summed E-state index contributed by atoms with van der Waals surface area (Å²) in [6, 6.07) is -0.475. The maximum atomic E-state index is 12.0. The van der Waals surface area contributed by atoms with Gasteiger partial charge in [-0.05, 0) is 24.7 Å². The third-order valence-electron chi connectivity index (χ3n) is 4.28. The molecule has 2 heterocycles. The molecule has 0 unspecified atom stereocenters. The Kier molecular flexibility index (Phi) is 5.56. The van der Waals surface area contributed by atoms with Crippen LogP contribution < -0.4 is 11.1 Å². The standard InChI is InChI=1S/C16H29N5O/c1-16(2,3)14(17)15(22)18-10-7-9-13-20-19-12-8-5-4-6-11-21(12)13/h14H,4-11,17H2,1-3H3,(H,18,22)/t14-/m1/s1. The van der Waals surface area contributed by atoms with E-state index in [1.807, 2.05) is 20.8 Å². The second kappa shape index (κ2) is 7.22. The van der Waals surface area contributed by atoms with E-state index in [0.717, 1.165) is 37.5 Å². The van der Waals surface area contributed by atoms with Gasteiger partial charge in [-0.2, -0.15) is 0 Å². The minimum atomic E-state index is -0.475. The molecule has 1 amide bonds. The molecule has 0 bridgehead atoms. The van der Waals surface area contributed by atoms with E-state index in [2.05, 4.69) is 20.1 Å². The maximum Gasteiger partial charge on any atom is 0.237 e. The summed E-state index contributed by atoms with van der Waals surface area (Å²) in [4.78, 5) is 12.0. The van der Waals surface area contributed by atoms with E-state index < -0.39 is 6.04 Å². The topological polar surface area (TPSA) is 85.8 Å². The number of rotatable bonds is 5. The Balaban J connectivity index is 1.78. The van der Waals surface area contributed by atoms with Gasteiger partial charge in [-0.3, -0.25) is 4.79 Å². The highest BCUT2D eigenvalue weighted by atomic mass is 16.2. The van der Waals surface area contributed by atoms with E-state index in [1.54, 1.807) is 0 Å². The Bertz CT molecular complexity index is 503. The molecule has 0 fully saturated rings. The number of nitrogens with two attached hydrogens (primary N) is 1. The quantitative estimate of drug-likeness (QED) is 0.806. The summed E-state index contributed by atoms with van der Waals surface area (Å²) in [5, 5.41) is 11.5. The van der Waals surface area contributed by atoms with Crippen LogP contribution in [0.2, 0.25) is 0 Å². The van der Waals surface area contributed by atoms with E-state index >= 15 is 0 Å². The van der Waals surface area contributed by atoms with Crippen LogP contribution in [0.4, 0.5) is 0 Å². The second-order valence-corrected chi connectivity index (χ2v) is 7.23. The number of aromatic nitrogens is 3. The lowest BCUT2D eigenvalue weighted by atomic mass is 9.87. The average Bonchev–Trinajstić information content (AvgIpc) is 2.69. The molecule has 1 aromatic rings. The summed E-state index contributed by atoms with van der Waals surface area (Å²) >= 11 is 0. The summed E-state index contributed by atoms with van der Waals surface area (Å²) in [5.41, 5.74) is 5.73. The fourth-order valence-electron chi connectivity index (χ4n) is 2.69. The number of nitrogens with one attached hydrogen (secondary N) is 1. The lowest BCUT2D eigenvalue weighted by Gasteiger charge is -2.25. The molecule has 22 heavy (non-hydrogen) atoms. The van der Waals surface area contributed by atoms with Crippen LogP contribution in [0.15, 0.2) is 0 Å². The molecule has 0 saturated carbocycles. The van der Waals surface area contributed by atoms with Gasteiger partial charge in [0.15, 0.2) is 0 Å². The highest BCUT2D eigenvalue weighted by Gasteiger charge is 2.27. The number of nitrogens with zero attached hydrogens (tertiary/aromatic N) is 3. The Hall–Kier alpha value is -1.43. The zero-order chi connectivity index (χ0) is 16.2. The van der Waals surface area contributed by atoms with Gasteiger partial charge in [-0.15, -0.1) is 10.2 Å². The van der Waals surface area contributed by atoms with Crippen LogP contribution in [0.3, 0.4) is 0 Å². The van der Waals surface area contributed by atoms with E-state index in [-0.39, 0.29) is 11.3 Å². The molecular formula is C16H29N5O. The van der Waals surface area contributed by atoms with E-state index in [4.69, 9.17) is 5.73 Å². The fourth-order valence-corrected chi connectivity index (χ4v) is 2.69. The molecule has 0 saturated heterocycles. The predicted molar refractivity (Wildman–Crippen MR) is 86.3 cm³/mol. The highest BCUT2D eigenvalue weighted by Crippen LogP contribution is 2.17. The number of carbonyl (C=O) groups excluding carboxylic acids is 1. The smallest absolute Gasteiger partial charge is 0.237 e. The van der Waals surface area contributed by atoms with Crippen molar-refractivity contribution in [3.05, 3.63) is 11.6 Å². The third kappa shape index (κ3) is 4.29. The molecule has 0 aliphatic carbocycles. The number of hydrogen-bond donors (Lipinski definition) is 2. The summed E-state index contributed by atoms with van der Waals surface area (Å²) in [6.07, 6.45) is 6.42. The molecule has 6 nitrogen and oxygen atoms in total. The first-order chi connectivity index (χ1) is 10.4. The van der Waals surface area contributed by atoms with Crippen LogP contribution in [0.25, 0.3) is 0 Å². The summed E-state index contributed by atoms with van der Waals surface area (Å²) < 4.78 is 2.26. The van der Waals surface area contributed by atoms with Gasteiger partial charge in [0.1, 0.15) is 11.6 Å². The second-order valence-electron chi connectivity index (χ2n) is 7.23. The molecule has 124 valence electrons. The van der Waals surface area contributed by atoms with Crippen molar-refractivity contribution in [2.45, 2.75) is 71.9 Å². The average molecular weight is 307 g/mol. The van der Waals surface area contributed by atoms with Crippen LogP contribution in [0, 0.1) is 5.41 Å². The Labute approximate surface area is 132 Å². The van der Waals surface area contributed by atoms with Crippen molar-refractivity contribution in [3.63, 3.8) is 0 Å². The zero-order valence-corrected chi connectivity index (χ0v) is 14.1. The summed E-state index contributed by atoms with van der Waals surface area (Å²) in [5.74, 6) is 2.09. The summed E-state index contributed by atoms with van der Waals surface area (Å²) in [7, 11) is 0. The van der Waals surface area contributed by atoms with Gasteiger partial charge in [-0.25, -0.2) is 0 Å². The first kappa shape index (κ1) is 16.9. The molecule has 3 N–H and O–H groups in total. The maximum absolute atomic E-state index is 12.0. The van der Waals surface area contributed by atoms with Crippen molar-refractivity contribution in [2.24, 2.45) is 11.1 Å². The number of hydrogen-bond acceptors (Lipinski definition) is 4. The van der Waals surface area contributed by atoms with Crippen molar-refractivity contribution in [3.8, 4) is 0 Å². The minimum Gasteiger partial charge on any atom is -0.355 e. The SMILES string of the molecule is CC(C)(C)[C@H](N)C(=O)NCCCc1nnc2n1CCCCC2. The lowest BCUT2D eigenvalue weighted by Crippen LogP contribution is -2.48. The predicted octanol–water partition coefficient (Wildman–Crippen LogP) is 1.43. The van der Waals surface area contributed by atoms with Crippen molar-refractivity contribution < 1.29 is 4.79 Å². The van der Waals surface area contributed by atoms with Crippen LogP contribution in [0.5, 0.6) is 0 Å². The number of aryl methyl sites for hydroxylation is 2. The number of fused-ring (bicyclic) bond motifs is 1. The number of carbonyl (C=O) groups is 1. The Morgan fingerprint density at radius 3 is 2.82 bits per heavy atom. The van der Waals surface area contributed by atoms with E-state index in [0.29, 0.717) is 6.54 Å². The normalized spacial score (nSPS) is 16.7.